The Morgan fingerprint density at radius 1 is 1.32 bits per heavy atom. The lowest BCUT2D eigenvalue weighted by atomic mass is 10.1. The molecule has 0 aliphatic rings. The van der Waals surface area contributed by atoms with Crippen molar-refractivity contribution in [2.45, 2.75) is 20.0 Å². The van der Waals surface area contributed by atoms with Crippen LogP contribution in [-0.4, -0.2) is 34.9 Å². The summed E-state index contributed by atoms with van der Waals surface area (Å²) in [6.45, 7) is 3.34. The predicted molar refractivity (Wildman–Crippen MR) is 74.3 cm³/mol. The van der Waals surface area contributed by atoms with Gasteiger partial charge in [-0.1, -0.05) is 15.9 Å². The van der Waals surface area contributed by atoms with Crippen molar-refractivity contribution in [2.75, 3.05) is 11.9 Å². The van der Waals surface area contributed by atoms with Crippen LogP contribution in [0.5, 0.6) is 0 Å². The summed E-state index contributed by atoms with van der Waals surface area (Å²) in [5.41, 5.74) is 2.41. The summed E-state index contributed by atoms with van der Waals surface area (Å²) in [5, 5.41) is 22.4. The van der Waals surface area contributed by atoms with Crippen LogP contribution < -0.4 is 10.6 Å². The Balaban J connectivity index is 2.65. The van der Waals surface area contributed by atoms with Crippen molar-refractivity contribution in [1.29, 1.82) is 0 Å². The molecule has 0 aromatic heterocycles. The zero-order valence-electron chi connectivity index (χ0n) is 10.5. The van der Waals surface area contributed by atoms with Crippen molar-refractivity contribution in [1.82, 2.24) is 5.32 Å². The van der Waals surface area contributed by atoms with Gasteiger partial charge in [0, 0.05) is 10.2 Å². The highest BCUT2D eigenvalue weighted by molar-refractivity contribution is 9.10. The van der Waals surface area contributed by atoms with E-state index in [-0.39, 0.29) is 6.54 Å². The number of amides is 2. The Morgan fingerprint density at radius 2 is 1.84 bits per heavy atom. The van der Waals surface area contributed by atoms with Crippen LogP contribution in [0.4, 0.5) is 10.5 Å². The molecule has 0 heterocycles. The number of nitrogens with one attached hydrogen (secondary N) is 2. The molecule has 0 fully saturated rings. The van der Waals surface area contributed by atoms with Crippen LogP contribution in [0.15, 0.2) is 16.6 Å². The number of aliphatic hydroxyl groups excluding tert-OH is 1. The summed E-state index contributed by atoms with van der Waals surface area (Å²) in [6, 6.07) is 3.15. The molecule has 1 aromatic carbocycles. The van der Waals surface area contributed by atoms with Gasteiger partial charge in [-0.2, -0.15) is 0 Å². The number of halogens is 1. The fourth-order valence-electron chi connectivity index (χ4n) is 1.54. The first-order valence-electron chi connectivity index (χ1n) is 5.53. The molecule has 0 unspecified atom stereocenters. The molecule has 0 saturated heterocycles. The van der Waals surface area contributed by atoms with E-state index in [0.29, 0.717) is 5.69 Å². The molecule has 0 spiro atoms. The summed E-state index contributed by atoms with van der Waals surface area (Å²) in [4.78, 5) is 22.0. The standard InChI is InChI=1S/C12H15BrN2O4/c1-6-3-8(13)4-7(2)10(6)15-12(19)14-5-9(16)11(17)18/h3-4,9,16H,5H2,1-2H3,(H,17,18)(H2,14,15,19)/t9-/m0/s1. The number of hydrogen-bond donors (Lipinski definition) is 4. The minimum absolute atomic E-state index is 0.351. The Labute approximate surface area is 118 Å². The van der Waals surface area contributed by atoms with Crippen molar-refractivity contribution in [3.8, 4) is 0 Å². The molecule has 0 aliphatic carbocycles. The van der Waals surface area contributed by atoms with Gasteiger partial charge in [0.25, 0.3) is 0 Å². The quantitative estimate of drug-likeness (QED) is 0.674. The van der Waals surface area contributed by atoms with Gasteiger partial charge in [0.15, 0.2) is 6.10 Å². The highest BCUT2D eigenvalue weighted by Crippen LogP contribution is 2.24. The zero-order valence-corrected chi connectivity index (χ0v) is 12.1. The van der Waals surface area contributed by atoms with Crippen LogP contribution in [0.25, 0.3) is 0 Å². The molecule has 1 atom stereocenters. The molecular weight excluding hydrogens is 316 g/mol. The Kier molecular flexibility index (Phi) is 5.31. The summed E-state index contributed by atoms with van der Waals surface area (Å²) in [7, 11) is 0. The van der Waals surface area contributed by atoms with E-state index in [4.69, 9.17) is 10.2 Å². The van der Waals surface area contributed by atoms with E-state index < -0.39 is 18.1 Å². The molecule has 6 nitrogen and oxygen atoms in total. The van der Waals surface area contributed by atoms with E-state index in [9.17, 15) is 9.59 Å². The molecule has 2 amide bonds. The van der Waals surface area contributed by atoms with Gasteiger partial charge in [-0.25, -0.2) is 9.59 Å². The van der Waals surface area contributed by atoms with Crippen LogP contribution in [-0.2, 0) is 4.79 Å². The fourth-order valence-corrected chi connectivity index (χ4v) is 2.23. The van der Waals surface area contributed by atoms with Gasteiger partial charge in [-0.3, -0.25) is 0 Å². The minimum Gasteiger partial charge on any atom is -0.479 e. The average Bonchev–Trinajstić information content (AvgIpc) is 2.30. The number of carboxylic acids is 1. The third kappa shape index (κ3) is 4.53. The van der Waals surface area contributed by atoms with E-state index in [1.807, 2.05) is 26.0 Å². The summed E-state index contributed by atoms with van der Waals surface area (Å²) >= 11 is 3.35. The minimum atomic E-state index is -1.61. The number of carbonyl (C=O) groups is 2. The van der Waals surface area contributed by atoms with Crippen LogP contribution >= 0.6 is 15.9 Å². The zero-order chi connectivity index (χ0) is 14.6. The Bertz CT molecular complexity index is 481. The van der Waals surface area contributed by atoms with Gasteiger partial charge < -0.3 is 20.8 Å². The van der Waals surface area contributed by atoms with Crippen LogP contribution in [0.3, 0.4) is 0 Å². The number of anilines is 1. The first-order chi connectivity index (χ1) is 8.81. The monoisotopic (exact) mass is 330 g/mol. The van der Waals surface area contributed by atoms with Crippen molar-refractivity contribution in [3.63, 3.8) is 0 Å². The second-order valence-electron chi connectivity index (χ2n) is 4.10. The summed E-state index contributed by atoms with van der Waals surface area (Å²) in [5.74, 6) is -1.38. The van der Waals surface area contributed by atoms with Crippen molar-refractivity contribution in [2.24, 2.45) is 0 Å². The van der Waals surface area contributed by atoms with E-state index in [2.05, 4.69) is 26.6 Å². The van der Waals surface area contributed by atoms with Gasteiger partial charge >= 0.3 is 12.0 Å². The lowest BCUT2D eigenvalue weighted by Gasteiger charge is -2.13. The normalized spacial score (nSPS) is 11.8. The predicted octanol–water partition coefficient (Wildman–Crippen LogP) is 1.63. The van der Waals surface area contributed by atoms with E-state index in [1.165, 1.54) is 0 Å². The summed E-state index contributed by atoms with van der Waals surface area (Å²) < 4.78 is 0.912. The number of benzene rings is 1. The maximum absolute atomic E-state index is 11.6. The smallest absolute Gasteiger partial charge is 0.334 e. The number of aliphatic carboxylic acids is 1. The Morgan fingerprint density at radius 3 is 2.32 bits per heavy atom. The van der Waals surface area contributed by atoms with Crippen LogP contribution in [0.2, 0.25) is 0 Å². The van der Waals surface area contributed by atoms with Gasteiger partial charge in [0.05, 0.1) is 6.54 Å². The Hall–Kier alpha value is -1.60. The van der Waals surface area contributed by atoms with E-state index >= 15 is 0 Å². The first kappa shape index (κ1) is 15.5. The molecule has 0 aliphatic heterocycles. The van der Waals surface area contributed by atoms with E-state index in [1.54, 1.807) is 0 Å². The first-order valence-corrected chi connectivity index (χ1v) is 6.33. The molecule has 104 valence electrons. The topological polar surface area (TPSA) is 98.7 Å². The number of aliphatic hydroxyl groups is 1. The van der Waals surface area contributed by atoms with Crippen LogP contribution in [0.1, 0.15) is 11.1 Å². The van der Waals surface area contributed by atoms with Crippen molar-refractivity contribution in [3.05, 3.63) is 27.7 Å². The molecule has 1 rings (SSSR count). The average molecular weight is 331 g/mol. The van der Waals surface area contributed by atoms with Crippen molar-refractivity contribution >= 4 is 33.6 Å². The third-order valence-electron chi connectivity index (χ3n) is 2.48. The molecule has 4 N–H and O–H groups in total. The van der Waals surface area contributed by atoms with Gasteiger partial charge in [-0.15, -0.1) is 0 Å². The number of urea groups is 1. The highest BCUT2D eigenvalue weighted by atomic mass is 79.9. The maximum Gasteiger partial charge on any atom is 0.334 e. The number of hydrogen-bond acceptors (Lipinski definition) is 3. The second kappa shape index (κ2) is 6.53. The van der Waals surface area contributed by atoms with Crippen molar-refractivity contribution < 1.29 is 19.8 Å². The lowest BCUT2D eigenvalue weighted by Crippen LogP contribution is -2.38. The van der Waals surface area contributed by atoms with Crippen LogP contribution in [0, 0.1) is 13.8 Å². The molecular formula is C12H15BrN2O4. The molecule has 0 saturated carbocycles. The molecule has 0 radical (unpaired) electrons. The van der Waals surface area contributed by atoms with Gasteiger partial charge in [0.1, 0.15) is 0 Å². The number of rotatable bonds is 4. The second-order valence-corrected chi connectivity index (χ2v) is 5.02. The number of carbonyl (C=O) groups excluding carboxylic acids is 1. The highest BCUT2D eigenvalue weighted by Gasteiger charge is 2.15. The third-order valence-corrected chi connectivity index (χ3v) is 2.93. The molecule has 19 heavy (non-hydrogen) atoms. The SMILES string of the molecule is Cc1cc(Br)cc(C)c1NC(=O)NC[C@H](O)C(=O)O. The lowest BCUT2D eigenvalue weighted by molar-refractivity contribution is -0.146. The largest absolute Gasteiger partial charge is 0.479 e. The molecule has 1 aromatic rings. The number of aryl methyl sites for hydroxylation is 2. The van der Waals surface area contributed by atoms with E-state index in [0.717, 1.165) is 15.6 Å². The fraction of sp³-hybridized carbons (Fsp3) is 0.333. The molecule has 0 bridgehead atoms. The molecule has 7 heteroatoms. The number of carboxylic acid groups (broad SMARTS) is 1. The van der Waals surface area contributed by atoms with Gasteiger partial charge in [0.2, 0.25) is 0 Å². The summed E-state index contributed by atoms with van der Waals surface area (Å²) in [6.07, 6.45) is -1.61. The van der Waals surface area contributed by atoms with Gasteiger partial charge in [-0.05, 0) is 37.1 Å². The maximum atomic E-state index is 11.6.